The van der Waals surface area contributed by atoms with Crippen molar-refractivity contribution in [1.82, 2.24) is 5.32 Å². The lowest BCUT2D eigenvalue weighted by atomic mass is 9.97. The number of nitrogens with zero attached hydrogens (tertiary/aromatic N) is 1. The van der Waals surface area contributed by atoms with Crippen LogP contribution in [-0.4, -0.2) is 30.8 Å². The van der Waals surface area contributed by atoms with Crippen molar-refractivity contribution in [3.8, 4) is 11.1 Å². The number of nitrogens with one attached hydrogen (secondary N) is 2. The van der Waals surface area contributed by atoms with Crippen molar-refractivity contribution >= 4 is 17.4 Å². The van der Waals surface area contributed by atoms with Crippen LogP contribution in [0.3, 0.4) is 0 Å². The second kappa shape index (κ2) is 10.1. The van der Waals surface area contributed by atoms with Gasteiger partial charge in [-0.15, -0.1) is 0 Å². The molecule has 1 aliphatic heterocycles. The molecule has 0 atom stereocenters. The molecule has 1 aliphatic rings. The van der Waals surface area contributed by atoms with E-state index in [0.29, 0.717) is 12.5 Å². The van der Waals surface area contributed by atoms with Crippen LogP contribution >= 0.6 is 0 Å². The van der Waals surface area contributed by atoms with Crippen LogP contribution in [0.4, 0.5) is 16.2 Å². The summed E-state index contributed by atoms with van der Waals surface area (Å²) in [5, 5.41) is 15.2. The number of carbonyl (C=O) groups is 1. The first-order chi connectivity index (χ1) is 15.2. The van der Waals surface area contributed by atoms with Crippen LogP contribution in [0.1, 0.15) is 18.4 Å². The molecule has 3 aromatic carbocycles. The lowest BCUT2D eigenvalue weighted by molar-refractivity contribution is 0.203. The highest BCUT2D eigenvalue weighted by Crippen LogP contribution is 2.27. The lowest BCUT2D eigenvalue weighted by Crippen LogP contribution is -2.34. The van der Waals surface area contributed by atoms with Gasteiger partial charge >= 0.3 is 6.03 Å². The molecule has 0 bridgehead atoms. The largest absolute Gasteiger partial charge is 0.396 e. The molecule has 1 fully saturated rings. The zero-order chi connectivity index (χ0) is 21.5. The van der Waals surface area contributed by atoms with E-state index >= 15 is 0 Å². The van der Waals surface area contributed by atoms with Crippen LogP contribution in [0.2, 0.25) is 0 Å². The van der Waals surface area contributed by atoms with Crippen LogP contribution in [0.25, 0.3) is 11.1 Å². The second-order valence-corrected chi connectivity index (χ2v) is 8.00. The number of benzene rings is 3. The predicted molar refractivity (Wildman–Crippen MR) is 126 cm³/mol. The van der Waals surface area contributed by atoms with Crippen molar-refractivity contribution < 1.29 is 9.90 Å². The molecule has 1 heterocycles. The van der Waals surface area contributed by atoms with Crippen molar-refractivity contribution in [2.24, 2.45) is 5.92 Å². The third-order valence-electron chi connectivity index (χ3n) is 5.89. The molecular formula is C26H29N3O2. The standard InChI is InChI=1S/C26H29N3O2/c30-19-21-14-16-29(17-15-21)23-12-10-20(11-13-23)18-27-26(31)28-25-9-5-4-8-24(25)22-6-2-1-3-7-22/h1-13,21,30H,14-19H2,(H2,27,28,31). The van der Waals surface area contributed by atoms with Crippen LogP contribution in [0, 0.1) is 5.92 Å². The summed E-state index contributed by atoms with van der Waals surface area (Å²) in [6, 6.07) is 26.0. The average molecular weight is 416 g/mol. The van der Waals surface area contributed by atoms with Gasteiger partial charge in [0.2, 0.25) is 0 Å². The summed E-state index contributed by atoms with van der Waals surface area (Å²) in [4.78, 5) is 14.8. The van der Waals surface area contributed by atoms with E-state index in [1.165, 1.54) is 5.69 Å². The van der Waals surface area contributed by atoms with Crippen molar-refractivity contribution in [2.75, 3.05) is 29.9 Å². The molecule has 2 amide bonds. The Balaban J connectivity index is 1.32. The molecular weight excluding hydrogens is 386 g/mol. The Bertz CT molecular complexity index is 981. The van der Waals surface area contributed by atoms with E-state index in [0.717, 1.165) is 48.3 Å². The second-order valence-electron chi connectivity index (χ2n) is 8.00. The molecule has 1 saturated heterocycles. The SMILES string of the molecule is O=C(NCc1ccc(N2CCC(CO)CC2)cc1)Nc1ccccc1-c1ccccc1. The fraction of sp³-hybridized carbons (Fsp3) is 0.269. The fourth-order valence-electron chi connectivity index (χ4n) is 4.01. The highest BCUT2D eigenvalue weighted by atomic mass is 16.3. The highest BCUT2D eigenvalue weighted by molar-refractivity contribution is 5.94. The predicted octanol–water partition coefficient (Wildman–Crippen LogP) is 4.88. The first-order valence-electron chi connectivity index (χ1n) is 10.9. The number of carbonyl (C=O) groups excluding carboxylic acids is 1. The zero-order valence-electron chi connectivity index (χ0n) is 17.6. The number of amides is 2. The highest BCUT2D eigenvalue weighted by Gasteiger charge is 2.18. The molecule has 31 heavy (non-hydrogen) atoms. The zero-order valence-corrected chi connectivity index (χ0v) is 17.6. The number of urea groups is 1. The molecule has 0 radical (unpaired) electrons. The first kappa shape index (κ1) is 20.9. The molecule has 0 saturated carbocycles. The van der Waals surface area contributed by atoms with Gasteiger partial charge in [0, 0.05) is 37.5 Å². The number of hydrogen-bond donors (Lipinski definition) is 3. The molecule has 0 aromatic heterocycles. The van der Waals surface area contributed by atoms with E-state index in [9.17, 15) is 9.90 Å². The van der Waals surface area contributed by atoms with Crippen molar-refractivity contribution in [1.29, 1.82) is 0 Å². The third kappa shape index (κ3) is 5.44. The van der Waals surface area contributed by atoms with Crippen molar-refractivity contribution in [2.45, 2.75) is 19.4 Å². The molecule has 3 N–H and O–H groups in total. The lowest BCUT2D eigenvalue weighted by Gasteiger charge is -2.33. The van der Waals surface area contributed by atoms with E-state index in [4.69, 9.17) is 0 Å². The third-order valence-corrected chi connectivity index (χ3v) is 5.89. The van der Waals surface area contributed by atoms with Gasteiger partial charge in [0.1, 0.15) is 0 Å². The smallest absolute Gasteiger partial charge is 0.319 e. The quantitative estimate of drug-likeness (QED) is 0.537. The summed E-state index contributed by atoms with van der Waals surface area (Å²) >= 11 is 0. The van der Waals surface area contributed by atoms with Crippen LogP contribution in [0.5, 0.6) is 0 Å². The molecule has 5 nitrogen and oxygen atoms in total. The van der Waals surface area contributed by atoms with E-state index in [1.54, 1.807) is 0 Å². The Labute approximate surface area is 183 Å². The van der Waals surface area contributed by atoms with Gasteiger partial charge in [0.05, 0.1) is 5.69 Å². The van der Waals surface area contributed by atoms with Gasteiger partial charge < -0.3 is 20.6 Å². The van der Waals surface area contributed by atoms with Gasteiger partial charge in [-0.05, 0) is 48.1 Å². The molecule has 0 aliphatic carbocycles. The normalized spacial score (nSPS) is 14.3. The van der Waals surface area contributed by atoms with E-state index in [1.807, 2.05) is 54.6 Å². The maximum absolute atomic E-state index is 12.5. The topological polar surface area (TPSA) is 64.6 Å². The summed E-state index contributed by atoms with van der Waals surface area (Å²) in [7, 11) is 0. The van der Waals surface area contributed by atoms with Crippen LogP contribution < -0.4 is 15.5 Å². The molecule has 4 rings (SSSR count). The minimum absolute atomic E-state index is 0.224. The number of rotatable bonds is 6. The van der Waals surface area contributed by atoms with Crippen LogP contribution in [0.15, 0.2) is 78.9 Å². The van der Waals surface area contributed by atoms with Gasteiger partial charge in [-0.3, -0.25) is 0 Å². The summed E-state index contributed by atoms with van der Waals surface area (Å²) in [6.45, 7) is 2.71. The average Bonchev–Trinajstić information content (AvgIpc) is 2.84. The fourth-order valence-corrected chi connectivity index (χ4v) is 4.01. The molecule has 3 aromatic rings. The van der Waals surface area contributed by atoms with E-state index in [2.05, 4.69) is 39.8 Å². The summed E-state index contributed by atoms with van der Waals surface area (Å²) in [5.74, 6) is 0.435. The Morgan fingerprint density at radius 2 is 1.58 bits per heavy atom. The van der Waals surface area contributed by atoms with E-state index in [-0.39, 0.29) is 12.6 Å². The number of hydrogen-bond acceptors (Lipinski definition) is 3. The minimum atomic E-state index is -0.224. The van der Waals surface area contributed by atoms with E-state index < -0.39 is 0 Å². The van der Waals surface area contributed by atoms with Crippen LogP contribution in [-0.2, 0) is 6.54 Å². The summed E-state index contributed by atoms with van der Waals surface area (Å²) in [6.07, 6.45) is 2.06. The molecule has 5 heteroatoms. The molecule has 0 spiro atoms. The summed E-state index contributed by atoms with van der Waals surface area (Å²) in [5.41, 5.74) is 5.10. The summed E-state index contributed by atoms with van der Waals surface area (Å²) < 4.78 is 0. The maximum Gasteiger partial charge on any atom is 0.319 e. The van der Waals surface area contributed by atoms with Gasteiger partial charge in [-0.2, -0.15) is 0 Å². The van der Waals surface area contributed by atoms with Crippen molar-refractivity contribution in [3.63, 3.8) is 0 Å². The number of para-hydroxylation sites is 1. The number of piperidine rings is 1. The first-order valence-corrected chi connectivity index (χ1v) is 10.9. The Hall–Kier alpha value is -3.31. The van der Waals surface area contributed by atoms with Gasteiger partial charge in [-0.25, -0.2) is 4.79 Å². The number of aliphatic hydroxyl groups excluding tert-OH is 1. The minimum Gasteiger partial charge on any atom is -0.396 e. The van der Waals surface area contributed by atoms with Gasteiger partial charge in [0.25, 0.3) is 0 Å². The maximum atomic E-state index is 12.5. The van der Waals surface area contributed by atoms with Crippen molar-refractivity contribution in [3.05, 3.63) is 84.4 Å². The monoisotopic (exact) mass is 415 g/mol. The molecule has 160 valence electrons. The molecule has 0 unspecified atom stereocenters. The Morgan fingerprint density at radius 3 is 2.29 bits per heavy atom. The number of anilines is 2. The Morgan fingerprint density at radius 1 is 0.903 bits per heavy atom. The van der Waals surface area contributed by atoms with Gasteiger partial charge in [-0.1, -0.05) is 60.7 Å². The van der Waals surface area contributed by atoms with Gasteiger partial charge in [0.15, 0.2) is 0 Å². The Kier molecular flexibility index (Phi) is 6.85. The number of aliphatic hydroxyl groups is 1.